The number of nitrogens with two attached hydrogens (primary N) is 1. The summed E-state index contributed by atoms with van der Waals surface area (Å²) in [6.07, 6.45) is 0. The van der Waals surface area contributed by atoms with E-state index in [-0.39, 0.29) is 12.5 Å². The minimum Gasteiger partial charge on any atom is -0.489 e. The van der Waals surface area contributed by atoms with Crippen molar-refractivity contribution in [3.63, 3.8) is 0 Å². The minimum atomic E-state index is -0.221. The molecule has 0 bridgehead atoms. The van der Waals surface area contributed by atoms with Gasteiger partial charge in [0, 0.05) is 11.8 Å². The molecule has 0 aliphatic rings. The molecule has 0 saturated carbocycles. The number of anilines is 1. The first-order chi connectivity index (χ1) is 9.69. The van der Waals surface area contributed by atoms with E-state index in [0.29, 0.717) is 18.0 Å². The molecule has 2 rings (SSSR count). The number of rotatable bonds is 5. The van der Waals surface area contributed by atoms with Crippen LogP contribution < -0.4 is 15.8 Å². The molecule has 20 heavy (non-hydrogen) atoms. The highest BCUT2D eigenvalue weighted by Crippen LogP contribution is 2.19. The fraction of sp³-hybridized carbons (Fsp3) is 0.188. The number of ether oxygens (including phenoxy) is 1. The molecule has 0 aromatic heterocycles. The van der Waals surface area contributed by atoms with Crippen LogP contribution in [0.2, 0.25) is 0 Å². The summed E-state index contributed by atoms with van der Waals surface area (Å²) in [7, 11) is 0. The molecule has 0 aliphatic carbocycles. The van der Waals surface area contributed by atoms with E-state index in [0.717, 1.165) is 5.56 Å². The van der Waals surface area contributed by atoms with Gasteiger partial charge in [-0.1, -0.05) is 30.3 Å². The van der Waals surface area contributed by atoms with Crippen molar-refractivity contribution in [3.05, 3.63) is 59.7 Å². The van der Waals surface area contributed by atoms with E-state index < -0.39 is 0 Å². The number of carbonyl (C=O) groups is 1. The summed E-state index contributed by atoms with van der Waals surface area (Å²) in [6, 6.07) is 15.4. The van der Waals surface area contributed by atoms with Crippen LogP contribution in [-0.4, -0.2) is 12.5 Å². The van der Waals surface area contributed by atoms with Gasteiger partial charge < -0.3 is 15.8 Å². The van der Waals surface area contributed by atoms with Gasteiger partial charge in [-0.05, 0) is 30.2 Å². The van der Waals surface area contributed by atoms with E-state index in [1.54, 1.807) is 12.1 Å². The summed E-state index contributed by atoms with van der Waals surface area (Å²) < 4.78 is 5.75. The third-order valence-corrected chi connectivity index (χ3v) is 2.96. The van der Waals surface area contributed by atoms with Gasteiger partial charge in [-0.15, -0.1) is 0 Å². The van der Waals surface area contributed by atoms with Crippen LogP contribution in [0.4, 0.5) is 5.69 Å². The maximum atomic E-state index is 11.2. The van der Waals surface area contributed by atoms with Crippen LogP contribution >= 0.6 is 0 Å². The molecule has 0 spiro atoms. The minimum absolute atomic E-state index is 0.0334. The van der Waals surface area contributed by atoms with Crippen LogP contribution in [0.1, 0.15) is 11.1 Å². The average molecular weight is 270 g/mol. The predicted molar refractivity (Wildman–Crippen MR) is 79.6 cm³/mol. The zero-order chi connectivity index (χ0) is 14.4. The Morgan fingerprint density at radius 2 is 2.00 bits per heavy atom. The summed E-state index contributed by atoms with van der Waals surface area (Å²) in [5, 5.41) is 2.70. The van der Waals surface area contributed by atoms with Crippen LogP contribution in [0.15, 0.2) is 48.5 Å². The van der Waals surface area contributed by atoms with Gasteiger partial charge in [-0.2, -0.15) is 0 Å². The van der Waals surface area contributed by atoms with E-state index in [9.17, 15) is 4.79 Å². The summed E-state index contributed by atoms with van der Waals surface area (Å²) >= 11 is 0. The Bertz CT molecular complexity index is 597. The lowest BCUT2D eigenvalue weighted by Crippen LogP contribution is -2.21. The smallest absolute Gasteiger partial charge is 0.238 e. The normalized spacial score (nSPS) is 10.1. The van der Waals surface area contributed by atoms with Crippen molar-refractivity contribution in [3.8, 4) is 5.75 Å². The monoisotopic (exact) mass is 270 g/mol. The van der Waals surface area contributed by atoms with Crippen LogP contribution in [-0.2, 0) is 11.4 Å². The number of hydrogen-bond acceptors (Lipinski definition) is 3. The summed E-state index contributed by atoms with van der Waals surface area (Å²) in [5.74, 6) is 0.490. The third-order valence-electron chi connectivity index (χ3n) is 2.96. The number of nitrogens with one attached hydrogen (secondary N) is 1. The summed E-state index contributed by atoms with van der Waals surface area (Å²) in [6.45, 7) is 2.52. The molecule has 2 aromatic carbocycles. The highest BCUT2D eigenvalue weighted by atomic mass is 16.5. The van der Waals surface area contributed by atoms with Crippen LogP contribution in [0.5, 0.6) is 5.75 Å². The number of hydrogen-bond donors (Lipinski definition) is 2. The van der Waals surface area contributed by atoms with Gasteiger partial charge in [0.1, 0.15) is 12.4 Å². The number of aryl methyl sites for hydroxylation is 1. The topological polar surface area (TPSA) is 64.3 Å². The Labute approximate surface area is 118 Å². The van der Waals surface area contributed by atoms with Gasteiger partial charge in [0.2, 0.25) is 5.91 Å². The fourth-order valence-corrected chi connectivity index (χ4v) is 1.81. The highest BCUT2D eigenvalue weighted by molar-refractivity contribution is 5.92. The molecule has 1 amide bonds. The van der Waals surface area contributed by atoms with Gasteiger partial charge in [0.05, 0.1) is 6.54 Å². The predicted octanol–water partition coefficient (Wildman–Crippen LogP) is 2.47. The second-order valence-electron chi connectivity index (χ2n) is 4.50. The summed E-state index contributed by atoms with van der Waals surface area (Å²) in [5.41, 5.74) is 8.29. The van der Waals surface area contributed by atoms with Crippen LogP contribution in [0.25, 0.3) is 0 Å². The first-order valence-corrected chi connectivity index (χ1v) is 6.46. The lowest BCUT2D eigenvalue weighted by Gasteiger charge is -2.10. The molecule has 2 aromatic rings. The van der Waals surface area contributed by atoms with Crippen molar-refractivity contribution >= 4 is 11.6 Å². The third kappa shape index (κ3) is 3.83. The van der Waals surface area contributed by atoms with Gasteiger partial charge in [-0.3, -0.25) is 4.79 Å². The SMILES string of the molecule is Cc1ccccc1COc1cccc(NC(=O)CN)c1. The molecular weight excluding hydrogens is 252 g/mol. The van der Waals surface area contributed by atoms with E-state index in [2.05, 4.69) is 18.3 Å². The largest absolute Gasteiger partial charge is 0.489 e. The van der Waals surface area contributed by atoms with Gasteiger partial charge in [-0.25, -0.2) is 0 Å². The number of benzene rings is 2. The lowest BCUT2D eigenvalue weighted by molar-refractivity contribution is -0.114. The molecule has 4 nitrogen and oxygen atoms in total. The molecule has 0 heterocycles. The molecule has 0 fully saturated rings. The Balaban J connectivity index is 2.01. The number of carbonyl (C=O) groups excluding carboxylic acids is 1. The summed E-state index contributed by atoms with van der Waals surface area (Å²) in [4.78, 5) is 11.2. The van der Waals surface area contributed by atoms with Crippen molar-refractivity contribution in [1.82, 2.24) is 0 Å². The van der Waals surface area contributed by atoms with Crippen molar-refractivity contribution in [2.45, 2.75) is 13.5 Å². The zero-order valence-corrected chi connectivity index (χ0v) is 11.4. The highest BCUT2D eigenvalue weighted by Gasteiger charge is 2.02. The molecule has 0 atom stereocenters. The Morgan fingerprint density at radius 1 is 1.20 bits per heavy atom. The molecule has 3 N–H and O–H groups in total. The van der Waals surface area contributed by atoms with E-state index in [1.807, 2.05) is 30.3 Å². The molecule has 0 aliphatic heterocycles. The van der Waals surface area contributed by atoms with Crippen molar-refractivity contribution < 1.29 is 9.53 Å². The second-order valence-corrected chi connectivity index (χ2v) is 4.50. The molecule has 104 valence electrons. The molecule has 4 heteroatoms. The van der Waals surface area contributed by atoms with Crippen molar-refractivity contribution in [2.75, 3.05) is 11.9 Å². The van der Waals surface area contributed by atoms with Crippen LogP contribution in [0.3, 0.4) is 0 Å². The van der Waals surface area contributed by atoms with Crippen LogP contribution in [0, 0.1) is 6.92 Å². The lowest BCUT2D eigenvalue weighted by atomic mass is 10.1. The molecule has 0 saturated heterocycles. The quantitative estimate of drug-likeness (QED) is 0.877. The van der Waals surface area contributed by atoms with E-state index in [4.69, 9.17) is 10.5 Å². The van der Waals surface area contributed by atoms with Gasteiger partial charge >= 0.3 is 0 Å². The zero-order valence-electron chi connectivity index (χ0n) is 11.4. The Kier molecular flexibility index (Phi) is 4.74. The second kappa shape index (κ2) is 6.73. The first-order valence-electron chi connectivity index (χ1n) is 6.46. The van der Waals surface area contributed by atoms with E-state index in [1.165, 1.54) is 5.56 Å². The maximum Gasteiger partial charge on any atom is 0.238 e. The molecular formula is C16H18N2O2. The first kappa shape index (κ1) is 14.1. The van der Waals surface area contributed by atoms with E-state index >= 15 is 0 Å². The average Bonchev–Trinajstić information content (AvgIpc) is 2.47. The van der Waals surface area contributed by atoms with Gasteiger partial charge in [0.15, 0.2) is 0 Å². The number of amides is 1. The molecule has 0 radical (unpaired) electrons. The van der Waals surface area contributed by atoms with Crippen molar-refractivity contribution in [1.29, 1.82) is 0 Å². The molecule has 0 unspecified atom stereocenters. The standard InChI is InChI=1S/C16H18N2O2/c1-12-5-2-3-6-13(12)11-20-15-8-4-7-14(9-15)18-16(19)10-17/h2-9H,10-11,17H2,1H3,(H,18,19). The Hall–Kier alpha value is -2.33. The Morgan fingerprint density at radius 3 is 2.75 bits per heavy atom. The maximum absolute atomic E-state index is 11.2. The van der Waals surface area contributed by atoms with Gasteiger partial charge in [0.25, 0.3) is 0 Å². The fourth-order valence-electron chi connectivity index (χ4n) is 1.81. The van der Waals surface area contributed by atoms with Crippen molar-refractivity contribution in [2.24, 2.45) is 5.73 Å².